The van der Waals surface area contributed by atoms with E-state index in [4.69, 9.17) is 21.7 Å². The van der Waals surface area contributed by atoms with Crippen molar-refractivity contribution < 1.29 is 19.2 Å². The van der Waals surface area contributed by atoms with Crippen molar-refractivity contribution in [3.63, 3.8) is 0 Å². The van der Waals surface area contributed by atoms with Gasteiger partial charge in [0.1, 0.15) is 24.7 Å². The number of benzene rings is 3. The van der Waals surface area contributed by atoms with E-state index in [1.165, 1.54) is 23.1 Å². The minimum Gasteiger partial charge on any atom is -0.490 e. The van der Waals surface area contributed by atoms with Crippen LogP contribution >= 0.6 is 24.0 Å². The topological polar surface area (TPSA) is 81.9 Å². The van der Waals surface area contributed by atoms with Crippen molar-refractivity contribution in [1.29, 1.82) is 0 Å². The number of amides is 1. The maximum absolute atomic E-state index is 13.1. The van der Waals surface area contributed by atoms with Crippen LogP contribution < -0.4 is 14.4 Å². The van der Waals surface area contributed by atoms with Crippen LogP contribution in [-0.2, 0) is 4.79 Å². The molecule has 1 aliphatic heterocycles. The molecule has 1 saturated heterocycles. The van der Waals surface area contributed by atoms with Crippen LogP contribution in [0.2, 0.25) is 0 Å². The minimum atomic E-state index is -0.487. The van der Waals surface area contributed by atoms with E-state index < -0.39 is 4.92 Å². The van der Waals surface area contributed by atoms with Gasteiger partial charge in [-0.15, -0.1) is 0 Å². The first-order valence-corrected chi connectivity index (χ1v) is 12.0. The number of carbonyl (C=O) groups excluding carboxylic acids is 1. The van der Waals surface area contributed by atoms with Gasteiger partial charge >= 0.3 is 0 Å². The molecule has 3 aromatic carbocycles. The standard InChI is InChI=1S/C26H22N2O5S2/c1-17-12-18(2)14-22(13-17)32-10-11-33-23-9-8-21(28(30)31)15-19(23)16-24-25(29)27(26(34)35-24)20-6-4-3-5-7-20/h3-9,12-16H,10-11H2,1-2H3/b24-16-. The third kappa shape index (κ3) is 5.87. The molecule has 0 aromatic heterocycles. The Morgan fingerprint density at radius 3 is 2.37 bits per heavy atom. The third-order valence-corrected chi connectivity index (χ3v) is 6.41. The number of para-hydroxylation sites is 1. The summed E-state index contributed by atoms with van der Waals surface area (Å²) < 4.78 is 12.1. The Bertz CT molecular complexity index is 1300. The van der Waals surface area contributed by atoms with E-state index in [2.05, 4.69) is 6.07 Å². The lowest BCUT2D eigenvalue weighted by molar-refractivity contribution is -0.384. The molecule has 35 heavy (non-hydrogen) atoms. The van der Waals surface area contributed by atoms with Crippen LogP contribution in [0.1, 0.15) is 16.7 Å². The Morgan fingerprint density at radius 1 is 1.00 bits per heavy atom. The largest absolute Gasteiger partial charge is 0.490 e. The first-order chi connectivity index (χ1) is 16.8. The lowest BCUT2D eigenvalue weighted by atomic mass is 10.1. The molecule has 0 saturated carbocycles. The lowest BCUT2D eigenvalue weighted by Crippen LogP contribution is -2.27. The normalized spacial score (nSPS) is 14.5. The van der Waals surface area contributed by atoms with Gasteiger partial charge in [-0.05, 0) is 61.4 Å². The monoisotopic (exact) mass is 506 g/mol. The first kappa shape index (κ1) is 24.4. The van der Waals surface area contributed by atoms with Crippen LogP contribution in [0.5, 0.6) is 11.5 Å². The summed E-state index contributed by atoms with van der Waals surface area (Å²) in [5.41, 5.74) is 3.18. The Balaban J connectivity index is 1.53. The molecule has 0 radical (unpaired) electrons. The molecule has 1 aliphatic rings. The van der Waals surface area contributed by atoms with Crippen molar-refractivity contribution >= 4 is 51.7 Å². The zero-order chi connectivity index (χ0) is 24.9. The van der Waals surface area contributed by atoms with Gasteiger partial charge in [0.05, 0.1) is 15.5 Å². The molecule has 1 amide bonds. The molecule has 0 aliphatic carbocycles. The second-order valence-electron chi connectivity index (χ2n) is 7.85. The molecule has 1 heterocycles. The van der Waals surface area contributed by atoms with Crippen LogP contribution in [0.25, 0.3) is 6.08 Å². The number of nitro benzene ring substituents is 1. The Kier molecular flexibility index (Phi) is 7.48. The predicted molar refractivity (Wildman–Crippen MR) is 142 cm³/mol. The molecule has 178 valence electrons. The van der Waals surface area contributed by atoms with E-state index in [1.807, 2.05) is 44.2 Å². The number of carbonyl (C=O) groups is 1. The molecular weight excluding hydrogens is 484 g/mol. The number of ether oxygens (including phenoxy) is 2. The molecule has 0 unspecified atom stereocenters. The Morgan fingerprint density at radius 2 is 1.69 bits per heavy atom. The van der Waals surface area contributed by atoms with E-state index in [0.29, 0.717) is 26.2 Å². The van der Waals surface area contributed by atoms with Crippen molar-refractivity contribution in [2.24, 2.45) is 0 Å². The highest BCUT2D eigenvalue weighted by molar-refractivity contribution is 8.27. The van der Waals surface area contributed by atoms with Gasteiger partial charge in [0.2, 0.25) is 0 Å². The number of hydrogen-bond donors (Lipinski definition) is 0. The van der Waals surface area contributed by atoms with Crippen molar-refractivity contribution in [3.8, 4) is 11.5 Å². The summed E-state index contributed by atoms with van der Waals surface area (Å²) in [7, 11) is 0. The number of aryl methyl sites for hydroxylation is 2. The van der Waals surface area contributed by atoms with Gasteiger partial charge in [-0.3, -0.25) is 19.8 Å². The van der Waals surface area contributed by atoms with E-state index in [1.54, 1.807) is 18.2 Å². The molecule has 4 rings (SSSR count). The quantitative estimate of drug-likeness (QED) is 0.120. The molecule has 9 heteroatoms. The number of nitro groups is 1. The number of thiocarbonyl (C=S) groups is 1. The van der Waals surface area contributed by atoms with E-state index in [-0.39, 0.29) is 24.8 Å². The van der Waals surface area contributed by atoms with E-state index in [9.17, 15) is 14.9 Å². The SMILES string of the molecule is Cc1cc(C)cc(OCCOc2ccc([N+](=O)[O-])cc2/C=C2\SC(=S)N(c3ccccc3)C2=O)c1. The number of non-ortho nitro benzene ring substituents is 1. The zero-order valence-corrected chi connectivity index (χ0v) is 20.7. The second kappa shape index (κ2) is 10.7. The van der Waals surface area contributed by atoms with Gasteiger partial charge in [0.25, 0.3) is 11.6 Å². The highest BCUT2D eigenvalue weighted by atomic mass is 32.2. The summed E-state index contributed by atoms with van der Waals surface area (Å²) in [5, 5.41) is 11.4. The molecule has 3 aromatic rings. The van der Waals surface area contributed by atoms with Crippen molar-refractivity contribution in [2.45, 2.75) is 13.8 Å². The summed E-state index contributed by atoms with van der Waals surface area (Å²) >= 11 is 6.56. The van der Waals surface area contributed by atoms with Gasteiger partial charge in [0.15, 0.2) is 4.32 Å². The van der Waals surface area contributed by atoms with Crippen LogP contribution in [0.3, 0.4) is 0 Å². The molecule has 1 fully saturated rings. The fourth-order valence-electron chi connectivity index (χ4n) is 3.63. The zero-order valence-electron chi connectivity index (χ0n) is 19.1. The van der Waals surface area contributed by atoms with Gasteiger partial charge < -0.3 is 9.47 Å². The minimum absolute atomic E-state index is 0.103. The van der Waals surface area contributed by atoms with Gasteiger partial charge in [0, 0.05) is 17.7 Å². The summed E-state index contributed by atoms with van der Waals surface area (Å²) in [6, 6.07) is 19.3. The number of thioether (sulfide) groups is 1. The maximum Gasteiger partial charge on any atom is 0.270 e. The van der Waals surface area contributed by atoms with Crippen molar-refractivity contribution in [2.75, 3.05) is 18.1 Å². The Hall–Kier alpha value is -3.69. The van der Waals surface area contributed by atoms with Gasteiger partial charge in [-0.1, -0.05) is 48.2 Å². The van der Waals surface area contributed by atoms with Crippen LogP contribution in [0.15, 0.2) is 71.6 Å². The molecule has 0 atom stereocenters. The first-order valence-electron chi connectivity index (χ1n) is 10.8. The lowest BCUT2D eigenvalue weighted by Gasteiger charge is -2.14. The fraction of sp³-hybridized carbons (Fsp3) is 0.154. The van der Waals surface area contributed by atoms with Crippen LogP contribution in [0.4, 0.5) is 11.4 Å². The predicted octanol–water partition coefficient (Wildman–Crippen LogP) is 6.08. The molecule has 0 bridgehead atoms. The van der Waals surface area contributed by atoms with Crippen LogP contribution in [-0.4, -0.2) is 28.4 Å². The molecular formula is C26H22N2O5S2. The number of nitrogens with zero attached hydrogens (tertiary/aromatic N) is 2. The second-order valence-corrected chi connectivity index (χ2v) is 9.53. The third-order valence-electron chi connectivity index (χ3n) is 5.10. The van der Waals surface area contributed by atoms with Crippen molar-refractivity contribution in [1.82, 2.24) is 0 Å². The number of anilines is 1. The highest BCUT2D eigenvalue weighted by Crippen LogP contribution is 2.37. The fourth-order valence-corrected chi connectivity index (χ4v) is 4.92. The van der Waals surface area contributed by atoms with E-state index >= 15 is 0 Å². The molecule has 0 spiro atoms. The average molecular weight is 507 g/mol. The van der Waals surface area contributed by atoms with E-state index in [0.717, 1.165) is 28.6 Å². The summed E-state index contributed by atoms with van der Waals surface area (Å²) in [6.07, 6.45) is 1.58. The van der Waals surface area contributed by atoms with Crippen LogP contribution in [0, 0.1) is 24.0 Å². The summed E-state index contributed by atoms with van der Waals surface area (Å²) in [5.74, 6) is 0.867. The molecule has 0 N–H and O–H groups in total. The average Bonchev–Trinajstić information content (AvgIpc) is 3.09. The number of rotatable bonds is 8. The van der Waals surface area contributed by atoms with Gasteiger partial charge in [-0.2, -0.15) is 0 Å². The molecule has 7 nitrogen and oxygen atoms in total. The summed E-state index contributed by atoms with van der Waals surface area (Å²) in [4.78, 5) is 25.7. The highest BCUT2D eigenvalue weighted by Gasteiger charge is 2.33. The van der Waals surface area contributed by atoms with Gasteiger partial charge in [-0.25, -0.2) is 0 Å². The maximum atomic E-state index is 13.1. The smallest absolute Gasteiger partial charge is 0.270 e. The van der Waals surface area contributed by atoms with Crippen molar-refractivity contribution in [3.05, 3.63) is 98.4 Å². The Labute approximate surface area is 212 Å². The summed E-state index contributed by atoms with van der Waals surface area (Å²) in [6.45, 7) is 4.51. The number of hydrogen-bond acceptors (Lipinski definition) is 7.